The molecule has 26 heavy (non-hydrogen) atoms. The van der Waals surface area contributed by atoms with E-state index < -0.39 is 12.5 Å². The Kier molecular flexibility index (Phi) is 6.13. The predicted octanol–water partition coefficient (Wildman–Crippen LogP) is 4.19. The van der Waals surface area contributed by atoms with Crippen LogP contribution < -0.4 is 0 Å². The first-order chi connectivity index (χ1) is 12.4. The van der Waals surface area contributed by atoms with Gasteiger partial charge in [0.1, 0.15) is 6.61 Å². The number of nitrogens with zero attached hydrogens (tertiary/aromatic N) is 1. The molecular formula is C22H32FNO2. The zero-order chi connectivity index (χ0) is 18.8. The molecule has 144 valence electrons. The summed E-state index contributed by atoms with van der Waals surface area (Å²) in [7, 11) is 0. The molecule has 3 atom stereocenters. The second-order valence-electron chi connectivity index (χ2n) is 8.54. The third-order valence-electron chi connectivity index (χ3n) is 6.06. The molecule has 0 spiro atoms. The van der Waals surface area contributed by atoms with Crippen molar-refractivity contribution < 1.29 is 13.9 Å². The number of hydrogen-bond donors (Lipinski definition) is 0. The highest BCUT2D eigenvalue weighted by atomic mass is 18.2. The fourth-order valence-corrected chi connectivity index (χ4v) is 4.64. The Labute approximate surface area is 156 Å². The summed E-state index contributed by atoms with van der Waals surface area (Å²) in [5.74, 6) is 0.541. The van der Waals surface area contributed by atoms with Crippen molar-refractivity contribution >= 4 is 5.78 Å². The highest BCUT2D eigenvalue weighted by Gasteiger charge is 2.39. The Balaban J connectivity index is 1.82. The van der Waals surface area contributed by atoms with Gasteiger partial charge in [-0.25, -0.2) is 4.39 Å². The van der Waals surface area contributed by atoms with E-state index in [-0.39, 0.29) is 12.7 Å². The van der Waals surface area contributed by atoms with Crippen LogP contribution in [0.1, 0.15) is 55.0 Å². The Bertz CT molecular complexity index is 658. The summed E-state index contributed by atoms with van der Waals surface area (Å²) < 4.78 is 18.5. The van der Waals surface area contributed by atoms with Crippen molar-refractivity contribution in [1.82, 2.24) is 4.90 Å². The minimum absolute atomic E-state index is 0.0294. The van der Waals surface area contributed by atoms with Gasteiger partial charge >= 0.3 is 0 Å². The summed E-state index contributed by atoms with van der Waals surface area (Å²) in [5.41, 5.74) is 5.56. The predicted molar refractivity (Wildman–Crippen MR) is 102 cm³/mol. The minimum Gasteiger partial charge on any atom is -0.370 e. The molecule has 2 aliphatic rings. The molecule has 4 heteroatoms. The number of hydrogen-bond acceptors (Lipinski definition) is 3. The van der Waals surface area contributed by atoms with Gasteiger partial charge in [0, 0.05) is 19.1 Å². The van der Waals surface area contributed by atoms with Gasteiger partial charge in [-0.3, -0.25) is 9.69 Å². The number of carbonyl (C=O) groups excluding carboxylic acids is 1. The zero-order valence-corrected chi connectivity index (χ0v) is 16.6. The van der Waals surface area contributed by atoms with Crippen LogP contribution in [0.4, 0.5) is 4.39 Å². The Morgan fingerprint density at radius 3 is 2.73 bits per heavy atom. The van der Waals surface area contributed by atoms with Crippen molar-refractivity contribution in [2.24, 2.45) is 11.8 Å². The second kappa shape index (κ2) is 8.18. The van der Waals surface area contributed by atoms with Crippen LogP contribution in [0.5, 0.6) is 0 Å². The lowest BCUT2D eigenvalue weighted by atomic mass is 9.78. The molecule has 2 aliphatic heterocycles. The maximum atomic E-state index is 12.6. The molecule has 0 unspecified atom stereocenters. The van der Waals surface area contributed by atoms with E-state index in [1.54, 1.807) is 0 Å². The summed E-state index contributed by atoms with van der Waals surface area (Å²) in [6.45, 7) is 9.87. The Morgan fingerprint density at radius 2 is 2.04 bits per heavy atom. The van der Waals surface area contributed by atoms with Gasteiger partial charge in [-0.05, 0) is 67.2 Å². The molecule has 0 bridgehead atoms. The lowest BCUT2D eigenvalue weighted by molar-refractivity contribution is -0.131. The number of benzene rings is 1. The van der Waals surface area contributed by atoms with Crippen LogP contribution >= 0.6 is 0 Å². The molecule has 1 fully saturated rings. The van der Waals surface area contributed by atoms with E-state index in [2.05, 4.69) is 44.7 Å². The average molecular weight is 361 g/mol. The van der Waals surface area contributed by atoms with Crippen LogP contribution in [-0.2, 0) is 16.0 Å². The number of ketones is 1. The van der Waals surface area contributed by atoms with Crippen molar-refractivity contribution in [1.29, 1.82) is 0 Å². The lowest BCUT2D eigenvalue weighted by Gasteiger charge is -2.47. The molecule has 3 nitrogen and oxygen atoms in total. The molecule has 1 aromatic carbocycles. The van der Waals surface area contributed by atoms with Crippen LogP contribution in [-0.4, -0.2) is 43.2 Å². The van der Waals surface area contributed by atoms with Gasteiger partial charge in [-0.2, -0.15) is 0 Å². The number of carbonyl (C=O) groups is 1. The van der Waals surface area contributed by atoms with E-state index in [0.717, 1.165) is 32.4 Å². The smallest absolute Gasteiger partial charge is 0.189 e. The van der Waals surface area contributed by atoms with Crippen LogP contribution in [0.2, 0.25) is 0 Å². The molecule has 0 amide bonds. The van der Waals surface area contributed by atoms with Gasteiger partial charge in [0.2, 0.25) is 0 Å². The summed E-state index contributed by atoms with van der Waals surface area (Å²) >= 11 is 0. The summed E-state index contributed by atoms with van der Waals surface area (Å²) in [4.78, 5) is 14.0. The van der Waals surface area contributed by atoms with Crippen molar-refractivity contribution in [2.45, 2.75) is 59.1 Å². The number of Topliss-reactive ketones (excluding diaryl/α,β-unsaturated/α-hetero) is 1. The maximum absolute atomic E-state index is 12.6. The first kappa shape index (κ1) is 19.5. The van der Waals surface area contributed by atoms with E-state index in [0.29, 0.717) is 17.9 Å². The van der Waals surface area contributed by atoms with Gasteiger partial charge in [0.15, 0.2) is 12.5 Å². The molecular weight excluding hydrogens is 328 g/mol. The van der Waals surface area contributed by atoms with Crippen LogP contribution in [0.25, 0.3) is 0 Å². The van der Waals surface area contributed by atoms with E-state index in [9.17, 15) is 9.18 Å². The zero-order valence-electron chi connectivity index (χ0n) is 16.6. The molecule has 0 aromatic heterocycles. The van der Waals surface area contributed by atoms with Crippen molar-refractivity contribution in [2.75, 3.05) is 26.4 Å². The summed E-state index contributed by atoms with van der Waals surface area (Å²) in [6.07, 6.45) is 3.11. The quantitative estimate of drug-likeness (QED) is 0.762. The lowest BCUT2D eigenvalue weighted by Crippen LogP contribution is -2.49. The minimum atomic E-state index is -0.932. The fraction of sp³-hybridized carbons (Fsp3) is 0.682. The number of halogens is 1. The number of rotatable bonds is 6. The third-order valence-corrected chi connectivity index (χ3v) is 6.06. The van der Waals surface area contributed by atoms with Gasteiger partial charge < -0.3 is 4.74 Å². The van der Waals surface area contributed by atoms with Gasteiger partial charge in [0.25, 0.3) is 0 Å². The average Bonchev–Trinajstić information content (AvgIpc) is 2.60. The number of alkyl halides is 1. The fourth-order valence-electron chi connectivity index (χ4n) is 4.64. The molecule has 1 saturated heterocycles. The van der Waals surface area contributed by atoms with E-state index in [1.165, 1.54) is 22.3 Å². The summed E-state index contributed by atoms with van der Waals surface area (Å²) in [5, 5.41) is 0. The van der Waals surface area contributed by atoms with E-state index in [1.807, 2.05) is 0 Å². The largest absolute Gasteiger partial charge is 0.370 e. The van der Waals surface area contributed by atoms with Gasteiger partial charge in [0.05, 0.1) is 6.10 Å². The number of ether oxygens (including phenoxy) is 1. The Morgan fingerprint density at radius 1 is 1.31 bits per heavy atom. The van der Waals surface area contributed by atoms with Crippen molar-refractivity contribution in [3.63, 3.8) is 0 Å². The number of fused-ring (bicyclic) bond motifs is 3. The van der Waals surface area contributed by atoms with Crippen LogP contribution in [0, 0.1) is 25.7 Å². The normalized spacial score (nSPS) is 25.8. The highest BCUT2D eigenvalue weighted by Crippen LogP contribution is 2.41. The molecule has 2 heterocycles. The van der Waals surface area contributed by atoms with Crippen LogP contribution in [0.3, 0.4) is 0 Å². The second-order valence-corrected chi connectivity index (χ2v) is 8.54. The van der Waals surface area contributed by atoms with Crippen molar-refractivity contribution in [3.05, 3.63) is 34.4 Å². The molecule has 0 N–H and O–H groups in total. The third kappa shape index (κ3) is 4.17. The maximum Gasteiger partial charge on any atom is 0.189 e. The topological polar surface area (TPSA) is 29.5 Å². The van der Waals surface area contributed by atoms with Gasteiger partial charge in [-0.15, -0.1) is 0 Å². The van der Waals surface area contributed by atoms with E-state index in [4.69, 9.17) is 4.74 Å². The SMILES string of the molecule is Cc1cc2c(cc1C)[C@H]1C[C@@H](OCC(=O)C[18F])[C@H](CC(C)C)CN1CC2. The van der Waals surface area contributed by atoms with E-state index >= 15 is 0 Å². The molecule has 0 radical (unpaired) electrons. The van der Waals surface area contributed by atoms with Crippen LogP contribution in [0.15, 0.2) is 12.1 Å². The molecule has 1 aromatic rings. The Hall–Kier alpha value is -1.26. The monoisotopic (exact) mass is 360 g/mol. The first-order valence-corrected chi connectivity index (χ1v) is 9.92. The highest BCUT2D eigenvalue weighted by molar-refractivity contribution is 5.80. The standard InChI is InChI=1S/C22H32FNO2/c1-14(2)7-18-12-24-6-5-17-8-15(3)16(4)9-20(17)21(24)10-22(18)26-13-19(25)11-23/h8-9,14,18,21-22H,5-7,10-13H2,1-4H3/t18-,21-,22-/m1/s1/i23-1. The number of aryl methyl sites for hydroxylation is 2. The molecule has 3 rings (SSSR count). The molecule has 0 aliphatic carbocycles. The van der Waals surface area contributed by atoms with Crippen molar-refractivity contribution in [3.8, 4) is 0 Å². The number of piperidine rings is 1. The first-order valence-electron chi connectivity index (χ1n) is 9.92. The van der Waals surface area contributed by atoms with Gasteiger partial charge in [-0.1, -0.05) is 26.0 Å². The summed E-state index contributed by atoms with van der Waals surface area (Å²) in [6, 6.07) is 5.03. The molecule has 0 saturated carbocycles.